The van der Waals surface area contributed by atoms with E-state index >= 15 is 0 Å². The van der Waals surface area contributed by atoms with E-state index in [1.165, 1.54) is 29.2 Å². The van der Waals surface area contributed by atoms with E-state index in [0.29, 0.717) is 146 Å². The Morgan fingerprint density at radius 1 is 0.670 bits per heavy atom. The Bertz CT molecular complexity index is 3650. The zero-order chi connectivity index (χ0) is 69.1. The number of nitrogens with zero attached hydrogens (tertiary/aromatic N) is 7. The third-order valence-electron chi connectivity index (χ3n) is 19.5. The summed E-state index contributed by atoms with van der Waals surface area (Å²) in [6.45, 7) is 5.12. The van der Waals surface area contributed by atoms with Gasteiger partial charge >= 0.3 is 18.4 Å². The van der Waals surface area contributed by atoms with E-state index in [0.717, 1.165) is 32.8 Å². The molecule has 3 fully saturated rings. The van der Waals surface area contributed by atoms with Crippen molar-refractivity contribution in [3.8, 4) is 11.1 Å². The molecule has 0 saturated carbocycles. The van der Waals surface area contributed by atoms with Crippen LogP contribution in [0.15, 0.2) is 146 Å². The molecule has 5 amide bonds. The Morgan fingerprint density at radius 3 is 1.97 bits per heavy atom. The number of carbonyl (C=O) groups excluding carboxylic acids is 4. The van der Waals surface area contributed by atoms with E-state index in [9.17, 15) is 59.8 Å². The first-order chi connectivity index (χ1) is 46.4. The van der Waals surface area contributed by atoms with E-state index in [1.54, 1.807) is 48.0 Å². The molecule has 2 N–H and O–H groups in total. The summed E-state index contributed by atoms with van der Waals surface area (Å²) < 4.78 is 115. The van der Waals surface area contributed by atoms with E-state index in [2.05, 4.69) is 27.2 Å². The number of carboxylic acid groups (broad SMARTS) is 1. The molecule has 0 bridgehead atoms. The van der Waals surface area contributed by atoms with Gasteiger partial charge in [0.05, 0.1) is 29.5 Å². The molecule has 0 radical (unpaired) electrons. The summed E-state index contributed by atoms with van der Waals surface area (Å²) in [6.07, 6.45) is -6.88. The second kappa shape index (κ2) is 31.4. The molecule has 24 heteroatoms. The van der Waals surface area contributed by atoms with Gasteiger partial charge in [0, 0.05) is 114 Å². The second-order valence-corrected chi connectivity index (χ2v) is 25.7. The summed E-state index contributed by atoms with van der Waals surface area (Å²) in [5, 5.41) is 13.7. The number of carbonyl (C=O) groups is 5. The second-order valence-electron chi connectivity index (χ2n) is 25.7. The number of ether oxygens (including phenoxy) is 3. The smallest absolute Gasteiger partial charge is 0.416 e. The zero-order valence-corrected chi connectivity index (χ0v) is 54.8. The summed E-state index contributed by atoms with van der Waals surface area (Å²) in [6, 6.07) is 38.7. The van der Waals surface area contributed by atoms with Crippen LogP contribution >= 0.6 is 0 Å². The highest BCUT2D eigenvalue weighted by atomic mass is 19.4. The van der Waals surface area contributed by atoms with E-state index in [-0.39, 0.29) is 62.1 Å². The van der Waals surface area contributed by atoms with Crippen molar-refractivity contribution in [2.75, 3.05) is 130 Å². The van der Waals surface area contributed by atoms with Gasteiger partial charge in [-0.3, -0.25) is 24.1 Å². The number of nitrogens with one attached hydrogen (secondary N) is 1. The van der Waals surface area contributed by atoms with Crippen LogP contribution in [0.2, 0.25) is 0 Å². The highest BCUT2D eigenvalue weighted by Crippen LogP contribution is 2.49. The van der Waals surface area contributed by atoms with Crippen LogP contribution < -0.4 is 10.2 Å². The number of piperidine rings is 2. The van der Waals surface area contributed by atoms with Gasteiger partial charge < -0.3 is 54.0 Å². The number of para-hydroxylation sites is 1. The van der Waals surface area contributed by atoms with Gasteiger partial charge in [-0.15, -0.1) is 0 Å². The Balaban J connectivity index is 0.616. The lowest BCUT2D eigenvalue weighted by Gasteiger charge is -2.44. The van der Waals surface area contributed by atoms with E-state index in [1.807, 2.05) is 78.9 Å². The molecule has 3 aliphatic heterocycles. The first kappa shape index (κ1) is 71.4. The van der Waals surface area contributed by atoms with Crippen molar-refractivity contribution >= 4 is 41.1 Å². The number of halogens is 7. The fourth-order valence-electron chi connectivity index (χ4n) is 13.8. The third-order valence-corrected chi connectivity index (χ3v) is 19.5. The first-order valence-electron chi connectivity index (χ1n) is 32.9. The summed E-state index contributed by atoms with van der Waals surface area (Å²) in [4.78, 5) is 78.4. The van der Waals surface area contributed by atoms with Gasteiger partial charge in [-0.25, -0.2) is 9.18 Å². The summed E-state index contributed by atoms with van der Waals surface area (Å²) in [5.41, 5.74) is 0.926. The predicted molar refractivity (Wildman–Crippen MR) is 352 cm³/mol. The fraction of sp³-hybridized carbons (Fsp3) is 0.438. The molecule has 6 aromatic carbocycles. The molecule has 518 valence electrons. The maximum atomic E-state index is 14.2. The SMILES string of the molecule is CN(CCN1CCC(N(C(=O)O)c2ccccc2-c2ccccc2)CC1)C(=O)COCCCNc1ccc(C(=O)N(C)CCCN(C)C(=O)CO[C@H]2Cc3ccccc3C23CCN(CC[C@]2(c4ccc(F)cc4)CN(C(=O)c4cc(C(F)(F)F)cc(C(F)(F)F)c4)CO2)CC3)cc1. The molecule has 1 aliphatic carbocycles. The number of amides is 5. The van der Waals surface area contributed by atoms with Gasteiger partial charge in [0.1, 0.15) is 31.4 Å². The normalized spacial score (nSPS) is 18.2. The molecule has 3 heterocycles. The molecule has 0 aromatic heterocycles. The largest absolute Gasteiger partial charge is 0.465 e. The van der Waals surface area contributed by atoms with Gasteiger partial charge in [-0.1, -0.05) is 84.9 Å². The average Bonchev–Trinajstić information content (AvgIpc) is 1.61. The van der Waals surface area contributed by atoms with Crippen LogP contribution in [0, 0.1) is 5.82 Å². The van der Waals surface area contributed by atoms with Crippen LogP contribution in [0.5, 0.6) is 0 Å². The summed E-state index contributed by atoms with van der Waals surface area (Å²) in [7, 11) is 5.19. The van der Waals surface area contributed by atoms with Crippen molar-refractivity contribution < 1.29 is 74.0 Å². The highest BCUT2D eigenvalue weighted by molar-refractivity contribution is 5.96. The van der Waals surface area contributed by atoms with E-state index < -0.39 is 64.6 Å². The quantitative estimate of drug-likeness (QED) is 0.0390. The van der Waals surface area contributed by atoms with Gasteiger partial charge in [0.15, 0.2) is 0 Å². The molecule has 6 aromatic rings. The van der Waals surface area contributed by atoms with Crippen molar-refractivity contribution in [3.63, 3.8) is 0 Å². The number of alkyl halides is 6. The monoisotopic (exact) mass is 1350 g/mol. The van der Waals surface area contributed by atoms with Gasteiger partial charge in [0.2, 0.25) is 11.8 Å². The molecule has 2 atom stereocenters. The zero-order valence-electron chi connectivity index (χ0n) is 54.8. The van der Waals surface area contributed by atoms with Crippen molar-refractivity contribution in [1.82, 2.24) is 29.4 Å². The minimum absolute atomic E-state index is 0.0312. The van der Waals surface area contributed by atoms with Crippen LogP contribution in [0.1, 0.15) is 93.5 Å². The van der Waals surface area contributed by atoms with Crippen LogP contribution in [0.4, 0.5) is 46.9 Å². The summed E-state index contributed by atoms with van der Waals surface area (Å²) in [5.74, 6) is -2.10. The molecule has 4 aliphatic rings. The van der Waals surface area contributed by atoms with Crippen LogP contribution in [-0.2, 0) is 53.6 Å². The third kappa shape index (κ3) is 17.5. The van der Waals surface area contributed by atoms with Crippen molar-refractivity contribution in [2.24, 2.45) is 0 Å². The number of benzene rings is 6. The molecule has 97 heavy (non-hydrogen) atoms. The number of likely N-dealkylation sites (tertiary alicyclic amines) is 2. The lowest BCUT2D eigenvalue weighted by Crippen LogP contribution is -2.50. The Hall–Kier alpha value is -8.42. The molecule has 0 unspecified atom stereocenters. The maximum absolute atomic E-state index is 14.2. The highest BCUT2D eigenvalue weighted by Gasteiger charge is 2.50. The predicted octanol–water partition coefficient (Wildman–Crippen LogP) is 11.8. The molecule has 10 rings (SSSR count). The Labute approximate surface area is 560 Å². The standard InChI is InChI=1S/C73H83F7N8O9/c1-82(33-12-34-84(3)67(91)52-19-25-59(26-20-52)81-32-11-42-95-47-65(89)83(2)40-41-85-35-27-60(28-36-85)88(69(93)94)63-18-10-8-16-61(63)51-13-5-4-6-14-51)66(90)48-96-64-45-53-15-7-9-17-62(53)70(64)29-37-86(38-30-70)39-31-71(55-21-23-58(74)24-22-55)49-87(50-97-71)68(92)54-43-56(72(75,76)77)46-57(44-54)73(78,79)80/h4-10,13-26,43-44,46,60,64,81H,11-12,27-42,45,47-50H2,1-3H3,(H,93,94)/t64-,71+/m0/s1. The lowest BCUT2D eigenvalue weighted by molar-refractivity contribution is -0.143. The number of fused-ring (bicyclic) bond motifs is 2. The topological polar surface area (TPSA) is 168 Å². The molecular weight excluding hydrogens is 1270 g/mol. The van der Waals surface area contributed by atoms with Gasteiger partial charge in [-0.2, -0.15) is 26.3 Å². The number of hydrogen-bond acceptors (Lipinski definition) is 11. The molecule has 1 spiro atoms. The fourth-order valence-corrected chi connectivity index (χ4v) is 13.8. The van der Waals surface area contributed by atoms with Crippen molar-refractivity contribution in [2.45, 2.75) is 86.9 Å². The van der Waals surface area contributed by atoms with Crippen LogP contribution in [0.25, 0.3) is 11.1 Å². The van der Waals surface area contributed by atoms with Crippen LogP contribution in [-0.4, -0.2) is 196 Å². The number of likely N-dealkylation sites (N-methyl/N-ethyl adjacent to an activating group) is 2. The minimum Gasteiger partial charge on any atom is -0.465 e. The average molecular weight is 1350 g/mol. The Kier molecular flexibility index (Phi) is 23.1. The maximum Gasteiger partial charge on any atom is 0.416 e. The Morgan fingerprint density at radius 2 is 1.29 bits per heavy atom. The minimum atomic E-state index is -5.15. The van der Waals surface area contributed by atoms with Crippen molar-refractivity contribution in [3.05, 3.63) is 190 Å². The van der Waals surface area contributed by atoms with Crippen molar-refractivity contribution in [1.29, 1.82) is 0 Å². The lowest BCUT2D eigenvalue weighted by atomic mass is 9.72. The van der Waals surface area contributed by atoms with E-state index in [4.69, 9.17) is 14.2 Å². The van der Waals surface area contributed by atoms with Crippen LogP contribution in [0.3, 0.4) is 0 Å². The van der Waals surface area contributed by atoms with Gasteiger partial charge in [0.25, 0.3) is 11.8 Å². The number of anilines is 2. The number of rotatable bonds is 26. The molecular formula is C73H83F7N8O9. The van der Waals surface area contributed by atoms with Gasteiger partial charge in [-0.05, 0) is 147 Å². The summed E-state index contributed by atoms with van der Waals surface area (Å²) >= 11 is 0. The molecule has 17 nitrogen and oxygen atoms in total. The number of hydrogen-bond donors (Lipinski definition) is 2. The molecule has 3 saturated heterocycles. The first-order valence-corrected chi connectivity index (χ1v) is 32.9.